The Morgan fingerprint density at radius 3 is 2.73 bits per heavy atom. The van der Waals surface area contributed by atoms with Crippen LogP contribution in [0.1, 0.15) is 33.1 Å². The molecule has 1 rings (SSSR count). The smallest absolute Gasteiger partial charge is 0.0506 e. The maximum Gasteiger partial charge on any atom is 0.0506 e. The van der Waals surface area contributed by atoms with E-state index in [4.69, 9.17) is 10.5 Å². The van der Waals surface area contributed by atoms with Gasteiger partial charge in [-0.3, -0.25) is 4.90 Å². The predicted molar refractivity (Wildman–Crippen MR) is 63.9 cm³/mol. The van der Waals surface area contributed by atoms with Crippen LogP contribution in [-0.4, -0.2) is 43.8 Å². The second-order valence-electron chi connectivity index (χ2n) is 5.02. The molecule has 0 radical (unpaired) electrons. The van der Waals surface area contributed by atoms with Crippen LogP contribution < -0.4 is 5.73 Å². The largest absolute Gasteiger partial charge is 0.381 e. The van der Waals surface area contributed by atoms with Gasteiger partial charge in [-0.05, 0) is 39.2 Å². The normalized spacial score (nSPS) is 26.6. The van der Waals surface area contributed by atoms with Gasteiger partial charge in [0.25, 0.3) is 0 Å². The van der Waals surface area contributed by atoms with Crippen LogP contribution in [0.3, 0.4) is 0 Å². The van der Waals surface area contributed by atoms with E-state index >= 15 is 0 Å². The second-order valence-corrected chi connectivity index (χ2v) is 5.02. The fraction of sp³-hybridized carbons (Fsp3) is 1.00. The highest BCUT2D eigenvalue weighted by atomic mass is 16.5. The lowest BCUT2D eigenvalue weighted by Gasteiger charge is -2.40. The Balaban J connectivity index is 2.41. The van der Waals surface area contributed by atoms with Crippen LogP contribution in [0.2, 0.25) is 0 Å². The van der Waals surface area contributed by atoms with E-state index in [1.165, 1.54) is 12.8 Å². The first-order valence-electron chi connectivity index (χ1n) is 6.11. The minimum atomic E-state index is 0.150. The Bertz CT molecular complexity index is 174. The van der Waals surface area contributed by atoms with Gasteiger partial charge >= 0.3 is 0 Å². The summed E-state index contributed by atoms with van der Waals surface area (Å²) < 4.78 is 5.50. The molecule has 0 spiro atoms. The number of nitrogens with zero attached hydrogens (tertiary/aromatic N) is 1. The molecule has 2 N–H and O–H groups in total. The minimum Gasteiger partial charge on any atom is -0.381 e. The molecule has 0 bridgehead atoms. The fourth-order valence-corrected chi connectivity index (χ4v) is 2.13. The number of hydrogen-bond acceptors (Lipinski definition) is 3. The molecule has 3 nitrogen and oxygen atoms in total. The zero-order valence-electron chi connectivity index (χ0n) is 10.5. The highest BCUT2D eigenvalue weighted by Crippen LogP contribution is 2.21. The van der Waals surface area contributed by atoms with Crippen LogP contribution in [0.5, 0.6) is 0 Å². The predicted octanol–water partition coefficient (Wildman–Crippen LogP) is 1.47. The highest BCUT2D eigenvalue weighted by Gasteiger charge is 2.28. The van der Waals surface area contributed by atoms with Gasteiger partial charge in [0.1, 0.15) is 0 Å². The lowest BCUT2D eigenvalue weighted by molar-refractivity contribution is 0.0232. The summed E-state index contributed by atoms with van der Waals surface area (Å²) in [6, 6.07) is 0. The summed E-state index contributed by atoms with van der Waals surface area (Å²) >= 11 is 0. The summed E-state index contributed by atoms with van der Waals surface area (Å²) in [5, 5.41) is 0. The number of rotatable bonds is 5. The van der Waals surface area contributed by atoms with E-state index in [0.717, 1.165) is 32.7 Å². The van der Waals surface area contributed by atoms with Crippen molar-refractivity contribution in [3.63, 3.8) is 0 Å². The first-order chi connectivity index (χ1) is 7.12. The first-order valence-corrected chi connectivity index (χ1v) is 6.11. The summed E-state index contributed by atoms with van der Waals surface area (Å²) in [4.78, 5) is 2.41. The quantitative estimate of drug-likeness (QED) is 0.753. The summed E-state index contributed by atoms with van der Waals surface area (Å²) in [6.07, 6.45) is 3.62. The van der Waals surface area contributed by atoms with Crippen molar-refractivity contribution >= 4 is 0 Å². The molecule has 1 saturated heterocycles. The maximum atomic E-state index is 5.85. The van der Waals surface area contributed by atoms with E-state index in [0.29, 0.717) is 5.92 Å². The molecule has 0 aromatic carbocycles. The van der Waals surface area contributed by atoms with Gasteiger partial charge in [-0.15, -0.1) is 0 Å². The summed E-state index contributed by atoms with van der Waals surface area (Å²) in [6.45, 7) is 8.17. The molecule has 1 aliphatic heterocycles. The van der Waals surface area contributed by atoms with Crippen molar-refractivity contribution in [2.45, 2.75) is 38.6 Å². The monoisotopic (exact) mass is 214 g/mol. The van der Waals surface area contributed by atoms with Crippen LogP contribution in [0.4, 0.5) is 0 Å². The Morgan fingerprint density at radius 2 is 2.27 bits per heavy atom. The molecule has 15 heavy (non-hydrogen) atoms. The van der Waals surface area contributed by atoms with Gasteiger partial charge in [-0.25, -0.2) is 0 Å². The Morgan fingerprint density at radius 1 is 1.53 bits per heavy atom. The number of hydrogen-bond donors (Lipinski definition) is 1. The summed E-state index contributed by atoms with van der Waals surface area (Å²) in [7, 11) is 2.19. The molecule has 0 aromatic heterocycles. The van der Waals surface area contributed by atoms with Crippen LogP contribution in [-0.2, 0) is 4.74 Å². The van der Waals surface area contributed by atoms with Gasteiger partial charge in [-0.2, -0.15) is 0 Å². The van der Waals surface area contributed by atoms with Crippen molar-refractivity contribution in [1.29, 1.82) is 0 Å². The summed E-state index contributed by atoms with van der Waals surface area (Å²) in [5.74, 6) is 0.696. The fourth-order valence-electron chi connectivity index (χ4n) is 2.13. The molecule has 0 amide bonds. The standard InChI is InChI=1S/C12H26N2O/c1-4-12(2,10-13)14(3)8-11-6-5-7-15-9-11/h11H,4-10,13H2,1-3H3. The zero-order valence-corrected chi connectivity index (χ0v) is 10.5. The molecule has 90 valence electrons. The van der Waals surface area contributed by atoms with Crippen LogP contribution in [0.25, 0.3) is 0 Å². The molecular weight excluding hydrogens is 188 g/mol. The topological polar surface area (TPSA) is 38.5 Å². The zero-order chi connectivity index (χ0) is 11.3. The molecular formula is C12H26N2O. The molecule has 0 saturated carbocycles. The van der Waals surface area contributed by atoms with E-state index in [2.05, 4.69) is 25.8 Å². The Labute approximate surface area is 94.0 Å². The molecule has 2 unspecified atom stereocenters. The number of nitrogens with two attached hydrogens (primary N) is 1. The van der Waals surface area contributed by atoms with Gasteiger partial charge in [0.05, 0.1) is 6.61 Å². The van der Waals surface area contributed by atoms with Crippen molar-refractivity contribution < 1.29 is 4.74 Å². The van der Waals surface area contributed by atoms with E-state index in [9.17, 15) is 0 Å². The van der Waals surface area contributed by atoms with Crippen LogP contribution in [0.15, 0.2) is 0 Å². The van der Waals surface area contributed by atoms with Gasteiger partial charge in [0.15, 0.2) is 0 Å². The minimum absolute atomic E-state index is 0.150. The molecule has 1 fully saturated rings. The first kappa shape index (κ1) is 12.9. The van der Waals surface area contributed by atoms with E-state index in [-0.39, 0.29) is 5.54 Å². The maximum absolute atomic E-state index is 5.85. The van der Waals surface area contributed by atoms with Gasteiger partial charge in [-0.1, -0.05) is 6.92 Å². The Hall–Kier alpha value is -0.120. The highest BCUT2D eigenvalue weighted by molar-refractivity contribution is 4.85. The number of ether oxygens (including phenoxy) is 1. The third-order valence-corrected chi connectivity index (χ3v) is 3.91. The van der Waals surface area contributed by atoms with Crippen molar-refractivity contribution in [3.8, 4) is 0 Å². The summed E-state index contributed by atoms with van der Waals surface area (Å²) in [5.41, 5.74) is 6.00. The van der Waals surface area contributed by atoms with Gasteiger partial charge in [0.2, 0.25) is 0 Å². The Kier molecular flexibility index (Phi) is 5.03. The average Bonchev–Trinajstić information content (AvgIpc) is 2.29. The second kappa shape index (κ2) is 5.83. The SMILES string of the molecule is CCC(C)(CN)N(C)CC1CCCOC1. The molecule has 1 aliphatic rings. The lowest BCUT2D eigenvalue weighted by atomic mass is 9.94. The number of likely N-dealkylation sites (N-methyl/N-ethyl adjacent to an activating group) is 1. The van der Waals surface area contributed by atoms with Crippen LogP contribution >= 0.6 is 0 Å². The van der Waals surface area contributed by atoms with Crippen LogP contribution in [0, 0.1) is 5.92 Å². The van der Waals surface area contributed by atoms with Gasteiger partial charge < -0.3 is 10.5 Å². The van der Waals surface area contributed by atoms with Crippen molar-refractivity contribution in [2.24, 2.45) is 11.7 Å². The van der Waals surface area contributed by atoms with Crippen molar-refractivity contribution in [3.05, 3.63) is 0 Å². The van der Waals surface area contributed by atoms with Gasteiger partial charge in [0, 0.05) is 25.2 Å². The van der Waals surface area contributed by atoms with E-state index < -0.39 is 0 Å². The third-order valence-electron chi connectivity index (χ3n) is 3.91. The molecule has 0 aromatic rings. The lowest BCUT2D eigenvalue weighted by Crippen LogP contribution is -2.51. The van der Waals surface area contributed by atoms with E-state index in [1.807, 2.05) is 0 Å². The van der Waals surface area contributed by atoms with E-state index in [1.54, 1.807) is 0 Å². The third kappa shape index (κ3) is 3.44. The molecule has 0 aliphatic carbocycles. The molecule has 1 heterocycles. The molecule has 3 heteroatoms. The average molecular weight is 214 g/mol. The van der Waals surface area contributed by atoms with Crippen molar-refractivity contribution in [2.75, 3.05) is 33.4 Å². The molecule has 2 atom stereocenters. The van der Waals surface area contributed by atoms with Crippen molar-refractivity contribution in [1.82, 2.24) is 4.90 Å².